The Labute approximate surface area is 110 Å². The van der Waals surface area contributed by atoms with Crippen LogP contribution in [0.3, 0.4) is 0 Å². The lowest BCUT2D eigenvalue weighted by Crippen LogP contribution is -1.77. The normalized spacial score (nSPS) is 10.3. The first-order valence-electron chi connectivity index (χ1n) is 4.28. The Bertz CT molecular complexity index is 474. The van der Waals surface area contributed by atoms with Crippen molar-refractivity contribution in [2.75, 3.05) is 0 Å². The van der Waals surface area contributed by atoms with Crippen LogP contribution in [0.25, 0.3) is 0 Å². The Morgan fingerprint density at radius 1 is 1.13 bits per heavy atom. The van der Waals surface area contributed by atoms with Gasteiger partial charge in [-0.25, -0.2) is 0 Å². The van der Waals surface area contributed by atoms with Crippen molar-refractivity contribution in [2.24, 2.45) is 0 Å². The molecule has 0 aliphatic carbocycles. The minimum atomic E-state index is 1.02. The summed E-state index contributed by atoms with van der Waals surface area (Å²) < 4.78 is 2.12. The van der Waals surface area contributed by atoms with Crippen LogP contribution in [0.5, 0.6) is 0 Å². The van der Waals surface area contributed by atoms with Crippen LogP contribution >= 0.6 is 43.6 Å². The molecule has 0 unspecified atom stereocenters. The topological polar surface area (TPSA) is 12.9 Å². The molecule has 2 aromatic rings. The minimum absolute atomic E-state index is 1.02. The van der Waals surface area contributed by atoms with Crippen molar-refractivity contribution in [3.05, 3.63) is 51.7 Å². The largest absolute Gasteiger partial charge is 0.263 e. The zero-order valence-corrected chi connectivity index (χ0v) is 11.6. The third-order valence-electron chi connectivity index (χ3n) is 1.76. The molecule has 1 aromatic carbocycles. The first-order valence-corrected chi connectivity index (χ1v) is 6.69. The molecule has 1 heterocycles. The van der Waals surface area contributed by atoms with E-state index in [1.807, 2.05) is 18.2 Å². The van der Waals surface area contributed by atoms with Crippen LogP contribution in [0.1, 0.15) is 0 Å². The highest BCUT2D eigenvalue weighted by molar-refractivity contribution is 9.10. The molecule has 0 N–H and O–H groups in total. The SMILES string of the molecule is Brc1cccc(Sc2ccncc2Br)c1. The molecule has 1 nitrogen and oxygen atoms in total. The van der Waals surface area contributed by atoms with Crippen molar-refractivity contribution in [3.63, 3.8) is 0 Å². The van der Waals surface area contributed by atoms with Gasteiger partial charge in [-0.15, -0.1) is 0 Å². The van der Waals surface area contributed by atoms with Crippen LogP contribution in [0.15, 0.2) is 61.5 Å². The lowest BCUT2D eigenvalue weighted by Gasteiger charge is -2.03. The fourth-order valence-corrected chi connectivity index (χ4v) is 3.01. The first-order chi connectivity index (χ1) is 7.25. The summed E-state index contributed by atoms with van der Waals surface area (Å²) in [5.41, 5.74) is 0. The maximum absolute atomic E-state index is 4.03. The van der Waals surface area contributed by atoms with E-state index in [0.29, 0.717) is 0 Å². The van der Waals surface area contributed by atoms with Gasteiger partial charge in [0.1, 0.15) is 0 Å². The van der Waals surface area contributed by atoms with Gasteiger partial charge >= 0.3 is 0 Å². The lowest BCUT2D eigenvalue weighted by atomic mass is 10.4. The van der Waals surface area contributed by atoms with E-state index in [9.17, 15) is 0 Å². The van der Waals surface area contributed by atoms with Gasteiger partial charge in [0.25, 0.3) is 0 Å². The Kier molecular flexibility index (Phi) is 3.83. The molecular weight excluding hydrogens is 338 g/mol. The molecule has 15 heavy (non-hydrogen) atoms. The Balaban J connectivity index is 2.26. The number of rotatable bonds is 2. The van der Waals surface area contributed by atoms with Gasteiger partial charge in [-0.05, 0) is 40.2 Å². The molecule has 0 saturated carbocycles. The molecule has 4 heteroatoms. The quantitative estimate of drug-likeness (QED) is 0.779. The average Bonchev–Trinajstić information content (AvgIpc) is 2.22. The molecular formula is C11H7Br2NS. The third-order valence-corrected chi connectivity index (χ3v) is 4.21. The first kappa shape index (κ1) is 11.2. The van der Waals surface area contributed by atoms with Crippen molar-refractivity contribution in [3.8, 4) is 0 Å². The van der Waals surface area contributed by atoms with Gasteiger partial charge < -0.3 is 0 Å². The highest BCUT2D eigenvalue weighted by Gasteiger charge is 2.01. The van der Waals surface area contributed by atoms with Crippen molar-refractivity contribution in [1.29, 1.82) is 0 Å². The molecule has 0 atom stereocenters. The monoisotopic (exact) mass is 343 g/mol. The third kappa shape index (κ3) is 3.06. The molecule has 0 aliphatic rings. The fourth-order valence-electron chi connectivity index (χ4n) is 1.10. The van der Waals surface area contributed by atoms with Crippen LogP contribution in [0, 0.1) is 0 Å². The smallest absolute Gasteiger partial charge is 0.0498 e. The van der Waals surface area contributed by atoms with Gasteiger partial charge in [0.15, 0.2) is 0 Å². The van der Waals surface area contributed by atoms with Crippen LogP contribution in [-0.2, 0) is 0 Å². The highest BCUT2D eigenvalue weighted by atomic mass is 79.9. The Morgan fingerprint density at radius 3 is 2.73 bits per heavy atom. The summed E-state index contributed by atoms with van der Waals surface area (Å²) >= 11 is 8.65. The Hall–Kier alpha value is -0.320. The standard InChI is InChI=1S/C11H7Br2NS/c12-8-2-1-3-9(6-8)15-11-4-5-14-7-10(11)13/h1-7H. The highest BCUT2D eigenvalue weighted by Crippen LogP contribution is 2.33. The molecule has 76 valence electrons. The van der Waals surface area contributed by atoms with Gasteiger partial charge in [0.2, 0.25) is 0 Å². The summed E-state index contributed by atoms with van der Waals surface area (Å²) in [5, 5.41) is 0. The zero-order chi connectivity index (χ0) is 10.7. The molecule has 0 fully saturated rings. The van der Waals surface area contributed by atoms with Gasteiger partial charge in [0, 0.05) is 31.1 Å². The van der Waals surface area contributed by atoms with E-state index in [4.69, 9.17) is 0 Å². The van der Waals surface area contributed by atoms with Gasteiger partial charge in [-0.3, -0.25) is 4.98 Å². The number of benzene rings is 1. The van der Waals surface area contributed by atoms with Crippen LogP contribution in [0.4, 0.5) is 0 Å². The predicted octanol–water partition coefficient (Wildman–Crippen LogP) is 4.76. The molecule has 0 saturated heterocycles. The second-order valence-electron chi connectivity index (χ2n) is 2.87. The number of aromatic nitrogens is 1. The number of nitrogens with zero attached hydrogens (tertiary/aromatic N) is 1. The minimum Gasteiger partial charge on any atom is -0.263 e. The summed E-state index contributed by atoms with van der Waals surface area (Å²) in [4.78, 5) is 6.41. The molecule has 0 aliphatic heterocycles. The van der Waals surface area contributed by atoms with Crippen LogP contribution in [-0.4, -0.2) is 4.98 Å². The van der Waals surface area contributed by atoms with Gasteiger partial charge in [-0.1, -0.05) is 33.8 Å². The summed E-state index contributed by atoms with van der Waals surface area (Å²) in [7, 11) is 0. The van der Waals surface area contributed by atoms with E-state index >= 15 is 0 Å². The van der Waals surface area contributed by atoms with E-state index in [-0.39, 0.29) is 0 Å². The van der Waals surface area contributed by atoms with Crippen molar-refractivity contribution >= 4 is 43.6 Å². The Morgan fingerprint density at radius 2 is 2.00 bits per heavy atom. The summed E-state index contributed by atoms with van der Waals surface area (Å²) in [6, 6.07) is 10.2. The van der Waals surface area contributed by atoms with E-state index in [1.165, 1.54) is 9.79 Å². The van der Waals surface area contributed by atoms with E-state index in [2.05, 4.69) is 49.0 Å². The van der Waals surface area contributed by atoms with Gasteiger partial charge in [-0.2, -0.15) is 0 Å². The van der Waals surface area contributed by atoms with Crippen LogP contribution in [0.2, 0.25) is 0 Å². The second-order valence-corrected chi connectivity index (χ2v) is 5.75. The molecule has 0 spiro atoms. The number of hydrogen-bond donors (Lipinski definition) is 0. The number of hydrogen-bond acceptors (Lipinski definition) is 2. The molecule has 0 bridgehead atoms. The van der Waals surface area contributed by atoms with Crippen molar-refractivity contribution < 1.29 is 0 Å². The maximum Gasteiger partial charge on any atom is 0.0498 e. The predicted molar refractivity (Wildman–Crippen MR) is 70.2 cm³/mol. The molecule has 0 amide bonds. The summed E-state index contributed by atoms with van der Waals surface area (Å²) in [6.45, 7) is 0. The van der Waals surface area contributed by atoms with E-state index in [0.717, 1.165) is 8.95 Å². The van der Waals surface area contributed by atoms with Crippen LogP contribution < -0.4 is 0 Å². The molecule has 2 rings (SSSR count). The van der Waals surface area contributed by atoms with Crippen molar-refractivity contribution in [2.45, 2.75) is 9.79 Å². The zero-order valence-electron chi connectivity index (χ0n) is 7.65. The maximum atomic E-state index is 4.03. The average molecular weight is 345 g/mol. The lowest BCUT2D eigenvalue weighted by molar-refractivity contribution is 1.23. The summed E-state index contributed by atoms with van der Waals surface area (Å²) in [6.07, 6.45) is 3.60. The molecule has 1 aromatic heterocycles. The summed E-state index contributed by atoms with van der Waals surface area (Å²) in [5.74, 6) is 0. The molecule has 0 radical (unpaired) electrons. The number of pyridine rings is 1. The van der Waals surface area contributed by atoms with E-state index < -0.39 is 0 Å². The van der Waals surface area contributed by atoms with E-state index in [1.54, 1.807) is 24.2 Å². The number of halogens is 2. The van der Waals surface area contributed by atoms with Crippen molar-refractivity contribution in [1.82, 2.24) is 4.98 Å². The van der Waals surface area contributed by atoms with Gasteiger partial charge in [0.05, 0.1) is 0 Å². The fraction of sp³-hybridized carbons (Fsp3) is 0. The second kappa shape index (κ2) is 5.14.